The van der Waals surface area contributed by atoms with Gasteiger partial charge in [-0.3, -0.25) is 15.1 Å². The van der Waals surface area contributed by atoms with Gasteiger partial charge in [0.2, 0.25) is 0 Å². The lowest BCUT2D eigenvalue weighted by molar-refractivity contribution is -0.384. The van der Waals surface area contributed by atoms with Crippen LogP contribution in [0.2, 0.25) is 0 Å². The average molecular weight is 260 g/mol. The van der Waals surface area contributed by atoms with Gasteiger partial charge in [0.05, 0.1) is 11.1 Å². The van der Waals surface area contributed by atoms with Gasteiger partial charge in [-0.2, -0.15) is 0 Å². The first-order valence-electron chi connectivity index (χ1n) is 5.17. The van der Waals surface area contributed by atoms with Crippen LogP contribution >= 0.6 is 0 Å². The topological polar surface area (TPSA) is 103 Å². The maximum Gasteiger partial charge on any atom is 0.339 e. The number of rotatable bonds is 4. The van der Waals surface area contributed by atoms with Crippen LogP contribution in [-0.2, 0) is 0 Å². The van der Waals surface area contributed by atoms with Gasteiger partial charge >= 0.3 is 5.97 Å². The van der Waals surface area contributed by atoms with E-state index in [9.17, 15) is 14.9 Å². The highest BCUT2D eigenvalue weighted by Gasteiger charge is 2.12. The predicted molar refractivity (Wildman–Crippen MR) is 64.4 cm³/mol. The first kappa shape index (κ1) is 12.5. The molecule has 2 rings (SSSR count). The lowest BCUT2D eigenvalue weighted by atomic mass is 10.2. The van der Waals surface area contributed by atoms with Crippen molar-refractivity contribution in [1.29, 1.82) is 0 Å². The number of nitro benzene ring substituents is 1. The standard InChI is InChI=1S/C12H8N2O5/c15-12(16)10-5-6-13-7-11(10)19-9-3-1-8(2-4-9)14(17)18/h1-7H,(H,15,16). The third-order valence-electron chi connectivity index (χ3n) is 2.29. The third-order valence-corrected chi connectivity index (χ3v) is 2.29. The fourth-order valence-electron chi connectivity index (χ4n) is 1.40. The minimum atomic E-state index is -1.14. The Balaban J connectivity index is 2.26. The van der Waals surface area contributed by atoms with Crippen LogP contribution in [0.1, 0.15) is 10.4 Å². The molecule has 19 heavy (non-hydrogen) atoms. The second-order valence-corrected chi connectivity index (χ2v) is 3.53. The number of hydrogen-bond donors (Lipinski definition) is 1. The van der Waals surface area contributed by atoms with Crippen molar-refractivity contribution in [3.8, 4) is 11.5 Å². The highest BCUT2D eigenvalue weighted by atomic mass is 16.6. The van der Waals surface area contributed by atoms with Crippen molar-refractivity contribution >= 4 is 11.7 Å². The van der Waals surface area contributed by atoms with E-state index in [1.807, 2.05) is 0 Å². The van der Waals surface area contributed by atoms with Gasteiger partial charge in [-0.1, -0.05) is 0 Å². The number of nitrogens with zero attached hydrogens (tertiary/aromatic N) is 2. The molecule has 0 aliphatic rings. The molecule has 0 saturated heterocycles. The van der Waals surface area contributed by atoms with Crippen molar-refractivity contribution < 1.29 is 19.6 Å². The maximum atomic E-state index is 11.0. The summed E-state index contributed by atoms with van der Waals surface area (Å²) in [4.78, 5) is 24.7. The summed E-state index contributed by atoms with van der Waals surface area (Å²) in [6, 6.07) is 6.62. The zero-order chi connectivity index (χ0) is 13.8. The largest absolute Gasteiger partial charge is 0.478 e. The lowest BCUT2D eigenvalue weighted by Crippen LogP contribution is -2.00. The number of carboxylic acids is 1. The molecule has 7 heteroatoms. The molecule has 0 saturated carbocycles. The Hall–Kier alpha value is -2.96. The molecule has 0 spiro atoms. The molecule has 1 N–H and O–H groups in total. The summed E-state index contributed by atoms with van der Waals surface area (Å²) in [5.41, 5.74) is -0.106. The molecular formula is C12H8N2O5. The maximum absolute atomic E-state index is 11.0. The van der Waals surface area contributed by atoms with Crippen LogP contribution in [0, 0.1) is 10.1 Å². The van der Waals surface area contributed by atoms with Crippen LogP contribution in [0.15, 0.2) is 42.7 Å². The molecule has 1 heterocycles. The van der Waals surface area contributed by atoms with Crippen LogP contribution in [0.4, 0.5) is 5.69 Å². The van der Waals surface area contributed by atoms with E-state index in [1.165, 1.54) is 42.7 Å². The van der Waals surface area contributed by atoms with E-state index in [0.717, 1.165) is 0 Å². The first-order chi connectivity index (χ1) is 9.08. The molecule has 0 aliphatic heterocycles. The Morgan fingerprint density at radius 1 is 1.26 bits per heavy atom. The predicted octanol–water partition coefficient (Wildman–Crippen LogP) is 2.48. The zero-order valence-corrected chi connectivity index (χ0v) is 9.52. The Morgan fingerprint density at radius 3 is 2.53 bits per heavy atom. The van der Waals surface area contributed by atoms with E-state index in [4.69, 9.17) is 9.84 Å². The molecular weight excluding hydrogens is 252 g/mol. The molecule has 0 unspecified atom stereocenters. The summed E-state index contributed by atoms with van der Waals surface area (Å²) >= 11 is 0. The first-order valence-corrected chi connectivity index (χ1v) is 5.17. The highest BCUT2D eigenvalue weighted by Crippen LogP contribution is 2.25. The lowest BCUT2D eigenvalue weighted by Gasteiger charge is -2.07. The van der Waals surface area contributed by atoms with Crippen LogP contribution in [0.3, 0.4) is 0 Å². The molecule has 1 aromatic carbocycles. The summed E-state index contributed by atoms with van der Waals surface area (Å²) in [6.45, 7) is 0. The van der Waals surface area contributed by atoms with Crippen LogP contribution in [-0.4, -0.2) is 21.0 Å². The van der Waals surface area contributed by atoms with Crippen molar-refractivity contribution in [3.63, 3.8) is 0 Å². The van der Waals surface area contributed by atoms with Crippen molar-refractivity contribution in [2.24, 2.45) is 0 Å². The van der Waals surface area contributed by atoms with Crippen molar-refractivity contribution in [1.82, 2.24) is 4.98 Å². The SMILES string of the molecule is O=C(O)c1ccncc1Oc1ccc([N+](=O)[O-])cc1. The fraction of sp³-hybridized carbons (Fsp3) is 0. The fourth-order valence-corrected chi connectivity index (χ4v) is 1.40. The molecule has 0 radical (unpaired) electrons. The van der Waals surface area contributed by atoms with Gasteiger partial charge in [-0.15, -0.1) is 0 Å². The average Bonchev–Trinajstić information content (AvgIpc) is 2.39. The Labute approximate surface area is 107 Å². The number of ether oxygens (including phenoxy) is 1. The van der Waals surface area contributed by atoms with Gasteiger partial charge in [0.25, 0.3) is 5.69 Å². The number of aromatic carboxylic acids is 1. The van der Waals surface area contributed by atoms with Crippen molar-refractivity contribution in [2.75, 3.05) is 0 Å². The third kappa shape index (κ3) is 2.83. The van der Waals surface area contributed by atoms with E-state index in [1.54, 1.807) is 0 Å². The van der Waals surface area contributed by atoms with E-state index in [2.05, 4.69) is 4.98 Å². The van der Waals surface area contributed by atoms with Crippen molar-refractivity contribution in [3.05, 3.63) is 58.4 Å². The number of carbonyl (C=O) groups is 1. The molecule has 96 valence electrons. The van der Waals surface area contributed by atoms with Gasteiger partial charge in [-0.05, 0) is 18.2 Å². The molecule has 0 fully saturated rings. The number of aromatic nitrogens is 1. The number of non-ortho nitro benzene ring substituents is 1. The zero-order valence-electron chi connectivity index (χ0n) is 9.52. The summed E-state index contributed by atoms with van der Waals surface area (Å²) in [6.07, 6.45) is 2.61. The monoisotopic (exact) mass is 260 g/mol. The van der Waals surface area contributed by atoms with Crippen LogP contribution in [0.5, 0.6) is 11.5 Å². The van der Waals surface area contributed by atoms with Crippen LogP contribution < -0.4 is 4.74 Å². The number of hydrogen-bond acceptors (Lipinski definition) is 5. The second-order valence-electron chi connectivity index (χ2n) is 3.53. The molecule has 7 nitrogen and oxygen atoms in total. The molecule has 0 aliphatic carbocycles. The molecule has 2 aromatic rings. The molecule has 0 bridgehead atoms. The normalized spacial score (nSPS) is 9.89. The number of nitro groups is 1. The van der Waals surface area contributed by atoms with E-state index < -0.39 is 10.9 Å². The van der Waals surface area contributed by atoms with E-state index in [-0.39, 0.29) is 17.0 Å². The van der Waals surface area contributed by atoms with Gasteiger partial charge < -0.3 is 9.84 Å². The summed E-state index contributed by atoms with van der Waals surface area (Å²) < 4.78 is 5.34. The summed E-state index contributed by atoms with van der Waals surface area (Å²) in [5, 5.41) is 19.5. The van der Waals surface area contributed by atoms with E-state index in [0.29, 0.717) is 5.75 Å². The van der Waals surface area contributed by atoms with Gasteiger partial charge in [0.1, 0.15) is 11.3 Å². The quantitative estimate of drug-likeness (QED) is 0.669. The Kier molecular flexibility index (Phi) is 3.37. The second kappa shape index (κ2) is 5.13. The Bertz CT molecular complexity index is 624. The molecule has 1 aromatic heterocycles. The number of carboxylic acid groups (broad SMARTS) is 1. The number of benzene rings is 1. The minimum Gasteiger partial charge on any atom is -0.478 e. The van der Waals surface area contributed by atoms with Gasteiger partial charge in [0.15, 0.2) is 5.75 Å². The Morgan fingerprint density at radius 2 is 1.95 bits per heavy atom. The van der Waals surface area contributed by atoms with Crippen LogP contribution in [0.25, 0.3) is 0 Å². The smallest absolute Gasteiger partial charge is 0.339 e. The van der Waals surface area contributed by atoms with Gasteiger partial charge in [-0.25, -0.2) is 4.79 Å². The highest BCUT2D eigenvalue weighted by molar-refractivity contribution is 5.90. The number of pyridine rings is 1. The summed E-state index contributed by atoms with van der Waals surface area (Å²) in [7, 11) is 0. The van der Waals surface area contributed by atoms with Gasteiger partial charge in [0, 0.05) is 18.3 Å². The molecule has 0 atom stereocenters. The summed E-state index contributed by atoms with van der Waals surface area (Å²) in [5.74, 6) is -0.774. The molecule has 0 amide bonds. The van der Waals surface area contributed by atoms with E-state index >= 15 is 0 Å². The minimum absolute atomic E-state index is 0.0339. The van der Waals surface area contributed by atoms with Crippen molar-refractivity contribution in [2.45, 2.75) is 0 Å².